The smallest absolute Gasteiger partial charge is 0.170 e. The van der Waals surface area contributed by atoms with Crippen LogP contribution in [0.25, 0.3) is 22.4 Å². The number of halogens is 1. The molecule has 0 spiro atoms. The van der Waals surface area contributed by atoms with E-state index in [4.69, 9.17) is 11.6 Å². The number of aryl methyl sites for hydroxylation is 2. The molecule has 8 nitrogen and oxygen atoms in total. The van der Waals surface area contributed by atoms with Gasteiger partial charge in [-0.05, 0) is 12.1 Å². The summed E-state index contributed by atoms with van der Waals surface area (Å²) in [5, 5.41) is 14.6. The summed E-state index contributed by atoms with van der Waals surface area (Å²) in [5.41, 5.74) is 2.45. The zero-order chi connectivity index (χ0) is 17.5. The molecule has 0 fully saturated rings. The Hall–Kier alpha value is -3.26. The first-order chi connectivity index (χ1) is 12.8. The summed E-state index contributed by atoms with van der Waals surface area (Å²) < 4.78 is 5.26. The molecular formula is C17H13ClN8. The van der Waals surface area contributed by atoms with Crippen LogP contribution in [0.1, 0.15) is 5.82 Å². The molecule has 1 aromatic carbocycles. The van der Waals surface area contributed by atoms with Gasteiger partial charge < -0.3 is 0 Å². The lowest BCUT2D eigenvalue weighted by Crippen LogP contribution is -2.03. The molecule has 26 heavy (non-hydrogen) atoms. The largest absolute Gasteiger partial charge is 0.271 e. The number of nitrogens with zero attached hydrogens (tertiary/aromatic N) is 8. The maximum absolute atomic E-state index is 5.89. The van der Waals surface area contributed by atoms with E-state index in [1.807, 2.05) is 30.3 Å². The van der Waals surface area contributed by atoms with Crippen LogP contribution in [0.4, 0.5) is 0 Å². The summed E-state index contributed by atoms with van der Waals surface area (Å²) in [6.45, 7) is 0.656. The molecule has 0 saturated heterocycles. The third kappa shape index (κ3) is 2.51. The van der Waals surface area contributed by atoms with Gasteiger partial charge >= 0.3 is 0 Å². The highest BCUT2D eigenvalue weighted by molar-refractivity contribution is 6.30. The van der Waals surface area contributed by atoms with Crippen molar-refractivity contribution in [2.24, 2.45) is 0 Å². The van der Waals surface area contributed by atoms with Gasteiger partial charge in [0.15, 0.2) is 17.1 Å². The molecule has 4 heterocycles. The number of hydrogen-bond donors (Lipinski definition) is 0. The summed E-state index contributed by atoms with van der Waals surface area (Å²) in [6, 6.07) is 9.89. The first-order valence-corrected chi connectivity index (χ1v) is 8.47. The molecule has 0 aliphatic carbocycles. The number of para-hydroxylation sites is 1. The van der Waals surface area contributed by atoms with Gasteiger partial charge in [-0.2, -0.15) is 10.2 Å². The molecule has 0 saturated carbocycles. The van der Waals surface area contributed by atoms with Gasteiger partial charge in [-0.3, -0.25) is 4.68 Å². The van der Waals surface area contributed by atoms with Gasteiger partial charge in [-0.1, -0.05) is 29.8 Å². The maximum atomic E-state index is 5.89. The first-order valence-electron chi connectivity index (χ1n) is 8.09. The molecule has 9 heteroatoms. The zero-order valence-electron chi connectivity index (χ0n) is 13.6. The van der Waals surface area contributed by atoms with E-state index in [-0.39, 0.29) is 0 Å². The van der Waals surface area contributed by atoms with E-state index in [0.29, 0.717) is 18.0 Å². The second-order valence-corrected chi connectivity index (χ2v) is 6.28. The van der Waals surface area contributed by atoms with Crippen molar-refractivity contribution in [2.75, 3.05) is 0 Å². The highest BCUT2D eigenvalue weighted by atomic mass is 35.5. The van der Waals surface area contributed by atoms with Crippen LogP contribution in [0.3, 0.4) is 0 Å². The van der Waals surface area contributed by atoms with Crippen LogP contribution in [-0.2, 0) is 13.0 Å². The highest BCUT2D eigenvalue weighted by Crippen LogP contribution is 2.19. The van der Waals surface area contributed by atoms with Crippen molar-refractivity contribution < 1.29 is 0 Å². The van der Waals surface area contributed by atoms with E-state index in [1.54, 1.807) is 38.8 Å². The maximum Gasteiger partial charge on any atom is 0.170 e. The van der Waals surface area contributed by atoms with Crippen molar-refractivity contribution in [3.8, 4) is 5.69 Å². The Labute approximate surface area is 152 Å². The van der Waals surface area contributed by atoms with Crippen LogP contribution in [-0.4, -0.2) is 39.1 Å². The van der Waals surface area contributed by atoms with Crippen LogP contribution in [0.15, 0.2) is 55.2 Å². The Kier molecular flexibility index (Phi) is 3.42. The summed E-state index contributed by atoms with van der Waals surface area (Å²) in [6.07, 6.45) is 7.48. The average molecular weight is 365 g/mol. The molecule has 0 aliphatic heterocycles. The van der Waals surface area contributed by atoms with E-state index in [0.717, 1.165) is 28.2 Å². The fraction of sp³-hybridized carbons (Fsp3) is 0.118. The van der Waals surface area contributed by atoms with Gasteiger partial charge in [0.25, 0.3) is 0 Å². The Morgan fingerprint density at radius 1 is 1.00 bits per heavy atom. The van der Waals surface area contributed by atoms with Gasteiger partial charge in [0.05, 0.1) is 28.5 Å². The third-order valence-electron chi connectivity index (χ3n) is 4.12. The quantitative estimate of drug-likeness (QED) is 0.489. The molecule has 0 radical (unpaired) electrons. The monoisotopic (exact) mass is 364 g/mol. The number of fused-ring (bicyclic) bond motifs is 3. The van der Waals surface area contributed by atoms with Crippen LogP contribution in [0.2, 0.25) is 5.02 Å². The van der Waals surface area contributed by atoms with E-state index in [9.17, 15) is 0 Å². The minimum atomic E-state index is 0.618. The lowest BCUT2D eigenvalue weighted by atomic mass is 10.3. The van der Waals surface area contributed by atoms with Gasteiger partial charge in [0, 0.05) is 19.2 Å². The summed E-state index contributed by atoms with van der Waals surface area (Å²) in [5.74, 6) is 0.721. The number of benzene rings is 1. The number of aromatic nitrogens is 8. The molecular weight excluding hydrogens is 352 g/mol. The molecule has 128 valence electrons. The molecule has 0 aliphatic rings. The van der Waals surface area contributed by atoms with Crippen molar-refractivity contribution in [3.63, 3.8) is 0 Å². The Morgan fingerprint density at radius 2 is 1.88 bits per heavy atom. The van der Waals surface area contributed by atoms with E-state index in [1.165, 1.54) is 0 Å². The van der Waals surface area contributed by atoms with Crippen molar-refractivity contribution in [2.45, 2.75) is 13.0 Å². The SMILES string of the molecule is Clc1cnn(CCc2nc3c4cnn(-c5ccccc5)c4ncn3n2)c1. The summed E-state index contributed by atoms with van der Waals surface area (Å²) in [4.78, 5) is 9.16. The van der Waals surface area contributed by atoms with E-state index in [2.05, 4.69) is 25.3 Å². The van der Waals surface area contributed by atoms with Gasteiger partial charge in [0.1, 0.15) is 6.33 Å². The van der Waals surface area contributed by atoms with Gasteiger partial charge in [-0.25, -0.2) is 19.2 Å². The molecule has 4 aromatic heterocycles. The van der Waals surface area contributed by atoms with Gasteiger partial charge in [0.2, 0.25) is 0 Å². The summed E-state index contributed by atoms with van der Waals surface area (Å²) >= 11 is 5.89. The van der Waals surface area contributed by atoms with Crippen molar-refractivity contribution >= 4 is 28.3 Å². The van der Waals surface area contributed by atoms with Crippen molar-refractivity contribution in [3.05, 3.63) is 66.1 Å². The predicted molar refractivity (Wildman–Crippen MR) is 96.4 cm³/mol. The lowest BCUT2D eigenvalue weighted by Gasteiger charge is -2.01. The molecule has 0 N–H and O–H groups in total. The van der Waals surface area contributed by atoms with Crippen LogP contribution >= 0.6 is 11.6 Å². The second kappa shape index (κ2) is 5.92. The minimum absolute atomic E-state index is 0.618. The van der Waals surface area contributed by atoms with Crippen molar-refractivity contribution in [1.29, 1.82) is 0 Å². The predicted octanol–water partition coefficient (Wildman–Crippen LogP) is 2.56. The molecule has 0 amide bonds. The molecule has 5 aromatic rings. The van der Waals surface area contributed by atoms with E-state index >= 15 is 0 Å². The topological polar surface area (TPSA) is 78.7 Å². The molecule has 5 rings (SSSR count). The van der Waals surface area contributed by atoms with Crippen molar-refractivity contribution in [1.82, 2.24) is 39.1 Å². The summed E-state index contributed by atoms with van der Waals surface area (Å²) in [7, 11) is 0. The number of hydrogen-bond acceptors (Lipinski definition) is 5. The Bertz CT molecular complexity index is 1200. The average Bonchev–Trinajstić information content (AvgIpc) is 3.37. The Balaban J connectivity index is 1.52. The van der Waals surface area contributed by atoms with Crippen LogP contribution in [0.5, 0.6) is 0 Å². The first kappa shape index (κ1) is 15.0. The normalized spacial score (nSPS) is 11.6. The molecule has 0 bridgehead atoms. The van der Waals surface area contributed by atoms with Crippen LogP contribution in [0, 0.1) is 0 Å². The minimum Gasteiger partial charge on any atom is -0.271 e. The number of rotatable bonds is 4. The second-order valence-electron chi connectivity index (χ2n) is 5.84. The molecule has 0 atom stereocenters. The van der Waals surface area contributed by atoms with E-state index < -0.39 is 0 Å². The molecule has 0 unspecified atom stereocenters. The van der Waals surface area contributed by atoms with Crippen LogP contribution < -0.4 is 0 Å². The lowest BCUT2D eigenvalue weighted by molar-refractivity contribution is 0.600. The van der Waals surface area contributed by atoms with Gasteiger partial charge in [-0.15, -0.1) is 5.10 Å². The zero-order valence-corrected chi connectivity index (χ0v) is 14.3. The highest BCUT2D eigenvalue weighted by Gasteiger charge is 2.13. The third-order valence-corrected chi connectivity index (χ3v) is 4.31. The fourth-order valence-electron chi connectivity index (χ4n) is 2.90. The standard InChI is InChI=1S/C17H13ClN8/c18-12-8-20-24(10-12)7-6-15-22-17-14-9-21-26(13-4-2-1-3-5-13)16(14)19-11-25(17)23-15/h1-5,8-11H,6-7H2. The Morgan fingerprint density at radius 3 is 2.69 bits per heavy atom. The fourth-order valence-corrected chi connectivity index (χ4v) is 3.06.